The summed E-state index contributed by atoms with van der Waals surface area (Å²) in [5, 5.41) is 2.88. The number of benzene rings is 4. The first-order chi connectivity index (χ1) is 21.1. The first-order valence-corrected chi connectivity index (χ1v) is 16.0. The zero-order valence-corrected chi connectivity index (χ0v) is 26.4. The third-order valence-corrected chi connectivity index (χ3v) is 9.09. The molecule has 1 atom stereocenters. The van der Waals surface area contributed by atoms with Crippen molar-refractivity contribution in [3.05, 3.63) is 125 Å². The van der Waals surface area contributed by atoms with E-state index in [1.165, 1.54) is 24.1 Å². The number of hydrogen-bond donors (Lipinski definition) is 1. The summed E-state index contributed by atoms with van der Waals surface area (Å²) in [7, 11) is -2.68. The Morgan fingerprint density at radius 2 is 1.48 bits per heavy atom. The van der Waals surface area contributed by atoms with Gasteiger partial charge in [0.2, 0.25) is 11.8 Å². The number of methoxy groups -OCH3 is 1. The number of sulfonamides is 1. The predicted molar refractivity (Wildman–Crippen MR) is 173 cm³/mol. The molecular formula is C35H39N3O5S. The van der Waals surface area contributed by atoms with Crippen LogP contribution in [0.2, 0.25) is 0 Å². The van der Waals surface area contributed by atoms with Crippen molar-refractivity contribution in [2.24, 2.45) is 0 Å². The lowest BCUT2D eigenvalue weighted by atomic mass is 10.0. The van der Waals surface area contributed by atoms with Crippen molar-refractivity contribution in [3.8, 4) is 5.75 Å². The number of carbonyl (C=O) groups is 2. The smallest absolute Gasteiger partial charge is 0.264 e. The molecule has 0 aliphatic heterocycles. The van der Waals surface area contributed by atoms with Gasteiger partial charge >= 0.3 is 0 Å². The van der Waals surface area contributed by atoms with Crippen LogP contribution in [0, 0.1) is 13.8 Å². The Bertz CT molecular complexity index is 1660. The third kappa shape index (κ3) is 8.05. The molecule has 0 radical (unpaired) electrons. The van der Waals surface area contributed by atoms with E-state index in [0.29, 0.717) is 18.0 Å². The minimum absolute atomic E-state index is 0.0153. The number of amides is 2. The Balaban J connectivity index is 1.79. The highest BCUT2D eigenvalue weighted by molar-refractivity contribution is 7.92. The Labute approximate surface area is 260 Å². The Morgan fingerprint density at radius 1 is 0.818 bits per heavy atom. The molecule has 44 heavy (non-hydrogen) atoms. The van der Waals surface area contributed by atoms with E-state index in [0.717, 1.165) is 26.6 Å². The second kappa shape index (κ2) is 14.7. The number of hydrogen-bond acceptors (Lipinski definition) is 5. The van der Waals surface area contributed by atoms with Crippen molar-refractivity contribution >= 4 is 27.5 Å². The van der Waals surface area contributed by atoms with Crippen LogP contribution in [-0.2, 0) is 32.6 Å². The average molecular weight is 614 g/mol. The molecule has 0 fully saturated rings. The normalized spacial score (nSPS) is 11.8. The molecule has 1 N–H and O–H groups in total. The number of nitrogens with zero attached hydrogens (tertiary/aromatic N) is 2. The van der Waals surface area contributed by atoms with E-state index < -0.39 is 28.5 Å². The van der Waals surface area contributed by atoms with Gasteiger partial charge < -0.3 is 15.0 Å². The van der Waals surface area contributed by atoms with Gasteiger partial charge in [0.05, 0.1) is 17.7 Å². The first-order valence-electron chi connectivity index (χ1n) is 14.5. The van der Waals surface area contributed by atoms with Crippen molar-refractivity contribution in [1.82, 2.24) is 10.2 Å². The van der Waals surface area contributed by atoms with Gasteiger partial charge in [-0.05, 0) is 68.3 Å². The predicted octanol–water partition coefficient (Wildman–Crippen LogP) is 5.28. The van der Waals surface area contributed by atoms with Crippen LogP contribution in [-0.4, -0.2) is 51.4 Å². The molecule has 4 aromatic rings. The van der Waals surface area contributed by atoms with E-state index in [1.807, 2.05) is 75.4 Å². The lowest BCUT2D eigenvalue weighted by molar-refractivity contribution is -0.140. The van der Waals surface area contributed by atoms with Crippen molar-refractivity contribution in [2.45, 2.75) is 44.7 Å². The van der Waals surface area contributed by atoms with Crippen LogP contribution in [0.1, 0.15) is 29.2 Å². The zero-order chi connectivity index (χ0) is 31.7. The maximum Gasteiger partial charge on any atom is 0.264 e. The molecule has 230 valence electrons. The van der Waals surface area contributed by atoms with Crippen LogP contribution in [0.5, 0.6) is 5.75 Å². The van der Waals surface area contributed by atoms with Crippen LogP contribution >= 0.6 is 0 Å². The van der Waals surface area contributed by atoms with Gasteiger partial charge in [-0.2, -0.15) is 0 Å². The molecule has 0 saturated heterocycles. The van der Waals surface area contributed by atoms with Gasteiger partial charge in [-0.15, -0.1) is 0 Å². The van der Waals surface area contributed by atoms with Gasteiger partial charge in [-0.1, -0.05) is 77.9 Å². The first kappa shape index (κ1) is 32.3. The van der Waals surface area contributed by atoms with Gasteiger partial charge in [-0.25, -0.2) is 8.42 Å². The summed E-state index contributed by atoms with van der Waals surface area (Å²) in [4.78, 5) is 29.5. The molecule has 4 aromatic carbocycles. The Morgan fingerprint density at radius 3 is 2.09 bits per heavy atom. The van der Waals surface area contributed by atoms with Crippen LogP contribution in [0.25, 0.3) is 0 Å². The van der Waals surface area contributed by atoms with E-state index >= 15 is 0 Å². The maximum absolute atomic E-state index is 14.4. The standard InChI is InChI=1S/C35H39N3O5S/c1-5-36-35(40)33(23-28-11-7-6-8-12-28)37(24-29-13-9-10-27(3)22-29)34(39)25-38(30-16-14-26(2)15-17-30)44(41,42)32-20-18-31(43-4)19-21-32/h6-22,33H,5,23-25H2,1-4H3,(H,36,40)/t33-/m0/s1. The number of nitrogens with one attached hydrogen (secondary N) is 1. The van der Waals surface area contributed by atoms with Crippen LogP contribution < -0.4 is 14.4 Å². The third-order valence-electron chi connectivity index (χ3n) is 7.31. The maximum atomic E-state index is 14.4. The molecule has 2 amide bonds. The molecule has 8 nitrogen and oxygen atoms in total. The number of likely N-dealkylation sites (N-methyl/N-ethyl adjacent to an activating group) is 1. The SMILES string of the molecule is CCNC(=O)[C@H](Cc1ccccc1)N(Cc1cccc(C)c1)C(=O)CN(c1ccc(C)cc1)S(=O)(=O)c1ccc(OC)cc1. The topological polar surface area (TPSA) is 96.0 Å². The quantitative estimate of drug-likeness (QED) is 0.221. The molecule has 0 aliphatic carbocycles. The van der Waals surface area contributed by atoms with Gasteiger partial charge in [-0.3, -0.25) is 13.9 Å². The molecule has 0 unspecified atom stereocenters. The monoisotopic (exact) mass is 613 g/mol. The van der Waals surface area contributed by atoms with Crippen molar-refractivity contribution < 1.29 is 22.7 Å². The second-order valence-electron chi connectivity index (χ2n) is 10.6. The van der Waals surface area contributed by atoms with E-state index in [2.05, 4.69) is 5.32 Å². The lowest BCUT2D eigenvalue weighted by Gasteiger charge is -2.34. The fourth-order valence-electron chi connectivity index (χ4n) is 4.97. The highest BCUT2D eigenvalue weighted by Gasteiger charge is 2.34. The highest BCUT2D eigenvalue weighted by Crippen LogP contribution is 2.27. The Hall–Kier alpha value is -4.63. The largest absolute Gasteiger partial charge is 0.497 e. The molecule has 0 bridgehead atoms. The molecular weight excluding hydrogens is 574 g/mol. The Kier molecular flexibility index (Phi) is 10.8. The summed E-state index contributed by atoms with van der Waals surface area (Å²) in [5.41, 5.74) is 4.01. The van der Waals surface area contributed by atoms with Crippen molar-refractivity contribution in [2.75, 3.05) is 24.5 Å². The molecule has 0 saturated carbocycles. The molecule has 0 heterocycles. The summed E-state index contributed by atoms with van der Waals surface area (Å²) in [6, 6.07) is 29.3. The van der Waals surface area contributed by atoms with E-state index in [1.54, 1.807) is 36.4 Å². The number of carbonyl (C=O) groups excluding carboxylic acids is 2. The van der Waals surface area contributed by atoms with E-state index in [4.69, 9.17) is 4.74 Å². The minimum atomic E-state index is -4.19. The fraction of sp³-hybridized carbons (Fsp3) is 0.257. The van der Waals surface area contributed by atoms with Gasteiger partial charge in [0.25, 0.3) is 10.0 Å². The zero-order valence-electron chi connectivity index (χ0n) is 25.6. The van der Waals surface area contributed by atoms with Crippen LogP contribution in [0.15, 0.2) is 108 Å². The van der Waals surface area contributed by atoms with Gasteiger partial charge in [0.1, 0.15) is 18.3 Å². The fourth-order valence-corrected chi connectivity index (χ4v) is 6.38. The van der Waals surface area contributed by atoms with E-state index in [-0.39, 0.29) is 23.8 Å². The van der Waals surface area contributed by atoms with Gasteiger partial charge in [0, 0.05) is 19.5 Å². The second-order valence-corrected chi connectivity index (χ2v) is 12.5. The number of rotatable bonds is 13. The molecule has 4 rings (SSSR count). The van der Waals surface area contributed by atoms with Crippen molar-refractivity contribution in [3.63, 3.8) is 0 Å². The summed E-state index contributed by atoms with van der Waals surface area (Å²) >= 11 is 0. The number of anilines is 1. The molecule has 0 spiro atoms. The summed E-state index contributed by atoms with van der Waals surface area (Å²) in [5.74, 6) is -0.300. The lowest BCUT2D eigenvalue weighted by Crippen LogP contribution is -2.53. The number of ether oxygens (including phenoxy) is 1. The number of aryl methyl sites for hydroxylation is 2. The van der Waals surface area contributed by atoms with Gasteiger partial charge in [0.15, 0.2) is 0 Å². The molecule has 9 heteroatoms. The average Bonchev–Trinajstić information content (AvgIpc) is 3.02. The molecule has 0 aliphatic rings. The minimum Gasteiger partial charge on any atom is -0.497 e. The molecule has 0 aromatic heterocycles. The van der Waals surface area contributed by atoms with Crippen LogP contribution in [0.3, 0.4) is 0 Å². The van der Waals surface area contributed by atoms with Crippen molar-refractivity contribution in [1.29, 1.82) is 0 Å². The highest BCUT2D eigenvalue weighted by atomic mass is 32.2. The van der Waals surface area contributed by atoms with E-state index in [9.17, 15) is 18.0 Å². The van der Waals surface area contributed by atoms with Crippen LogP contribution in [0.4, 0.5) is 5.69 Å². The summed E-state index contributed by atoms with van der Waals surface area (Å²) in [6.07, 6.45) is 0.264. The summed E-state index contributed by atoms with van der Waals surface area (Å²) in [6.45, 7) is 5.69. The summed E-state index contributed by atoms with van der Waals surface area (Å²) < 4.78 is 34.5.